The molecule has 0 bridgehead atoms. The van der Waals surface area contributed by atoms with Crippen molar-refractivity contribution in [3.8, 4) is 0 Å². The number of carbonyl (C=O) groups is 5. The van der Waals surface area contributed by atoms with Gasteiger partial charge in [-0.15, -0.1) is 0 Å². The minimum atomic E-state index is -1.15. The number of benzene rings is 2. The van der Waals surface area contributed by atoms with Crippen LogP contribution in [-0.2, 0) is 25.6 Å². The highest BCUT2D eigenvalue weighted by Crippen LogP contribution is 2.21. The number of amides is 2. The summed E-state index contributed by atoms with van der Waals surface area (Å²) < 4.78 is 15.0. The van der Waals surface area contributed by atoms with Crippen molar-refractivity contribution in [2.24, 2.45) is 0 Å². The van der Waals surface area contributed by atoms with Crippen molar-refractivity contribution >= 4 is 40.5 Å². The molecule has 2 aliphatic heterocycles. The van der Waals surface area contributed by atoms with E-state index in [9.17, 15) is 48.5 Å². The van der Waals surface area contributed by atoms with Crippen LogP contribution in [0.3, 0.4) is 0 Å². The van der Waals surface area contributed by atoms with Gasteiger partial charge in [-0.25, -0.2) is 9.49 Å². The Morgan fingerprint density at radius 3 is 1.94 bits per heavy atom. The molecular weight excluding hydrogens is 681 g/mol. The molecule has 3 aromatic rings. The van der Waals surface area contributed by atoms with Gasteiger partial charge in [0.15, 0.2) is 0 Å². The molecule has 2 saturated heterocycles. The van der Waals surface area contributed by atoms with Crippen LogP contribution in [0.25, 0.3) is 10.8 Å². The summed E-state index contributed by atoms with van der Waals surface area (Å²) in [5.74, 6) is -4.76. The number of aliphatic carboxylic acids is 3. The van der Waals surface area contributed by atoms with Crippen LogP contribution in [0, 0.1) is 5.82 Å². The molecule has 2 amide bonds. The summed E-state index contributed by atoms with van der Waals surface area (Å²) in [5, 5.41) is 36.5. The van der Waals surface area contributed by atoms with Crippen molar-refractivity contribution in [1.29, 1.82) is 0 Å². The van der Waals surface area contributed by atoms with Crippen LogP contribution in [0.15, 0.2) is 47.3 Å². The van der Waals surface area contributed by atoms with Gasteiger partial charge in [-0.1, -0.05) is 24.3 Å². The Morgan fingerprint density at radius 1 is 0.769 bits per heavy atom. The second-order valence-corrected chi connectivity index (χ2v) is 13.0. The van der Waals surface area contributed by atoms with Crippen molar-refractivity contribution in [2.45, 2.75) is 25.3 Å². The molecule has 278 valence electrons. The lowest BCUT2D eigenvalue weighted by Gasteiger charge is -2.35. The number of hydrogen-bond donors (Lipinski definition) is 4. The Labute approximate surface area is 298 Å². The van der Waals surface area contributed by atoms with E-state index in [-0.39, 0.29) is 102 Å². The standard InChI is InChI=1S/C35H42FN7O9/c36-27-6-5-23(20-28-24-3-1-2-4-25(24)33(49)38-37-28)19-26(27)34(50)43-17-15-42(16-18-43)30(44)8-7-29(35(51)52)41-13-11-39(21-31(45)46)9-10-40(12-14-41)22-32(47)48/h1-6,19,29H,7-18,20-22H2,(H,38,49)(H,45,46)(H,47,48)(H,51,52). The molecule has 52 heavy (non-hydrogen) atoms. The smallest absolute Gasteiger partial charge is 0.320 e. The van der Waals surface area contributed by atoms with Gasteiger partial charge < -0.3 is 25.1 Å². The number of carbonyl (C=O) groups excluding carboxylic acids is 2. The lowest BCUT2D eigenvalue weighted by molar-refractivity contribution is -0.145. The number of rotatable bonds is 12. The molecule has 17 heteroatoms. The van der Waals surface area contributed by atoms with Crippen LogP contribution in [0.2, 0.25) is 0 Å². The van der Waals surface area contributed by atoms with Gasteiger partial charge in [-0.3, -0.25) is 43.5 Å². The van der Waals surface area contributed by atoms with Crippen LogP contribution in [0.4, 0.5) is 4.39 Å². The Balaban J connectivity index is 1.18. The number of aromatic nitrogens is 2. The normalized spacial score (nSPS) is 17.2. The Kier molecular flexibility index (Phi) is 12.6. The highest BCUT2D eigenvalue weighted by Gasteiger charge is 2.31. The Morgan fingerprint density at radius 2 is 1.35 bits per heavy atom. The van der Waals surface area contributed by atoms with E-state index >= 15 is 0 Å². The third-order valence-electron chi connectivity index (χ3n) is 9.54. The minimum Gasteiger partial charge on any atom is -0.480 e. The summed E-state index contributed by atoms with van der Waals surface area (Å²) in [6.07, 6.45) is 0.127. The van der Waals surface area contributed by atoms with E-state index in [1.165, 1.54) is 17.0 Å². The zero-order chi connectivity index (χ0) is 37.4. The molecule has 5 rings (SSSR count). The number of fused-ring (bicyclic) bond motifs is 1. The average molecular weight is 724 g/mol. The SMILES string of the molecule is O=C(O)CN1CCN(CC(=O)O)CCN(C(CCC(=O)N2CCN(C(=O)c3cc(Cc4n[nH]c(=O)c5ccccc45)ccc3F)CC2)C(=O)O)CC1. The molecule has 2 aliphatic rings. The zero-order valence-electron chi connectivity index (χ0n) is 28.6. The first-order valence-corrected chi connectivity index (χ1v) is 17.1. The van der Waals surface area contributed by atoms with E-state index in [2.05, 4.69) is 10.2 Å². The molecule has 0 aliphatic carbocycles. The van der Waals surface area contributed by atoms with Crippen molar-refractivity contribution < 1.29 is 43.7 Å². The Bertz CT molecular complexity index is 1840. The van der Waals surface area contributed by atoms with Crippen LogP contribution < -0.4 is 5.56 Å². The molecule has 1 aromatic heterocycles. The maximum absolute atomic E-state index is 15.0. The molecule has 2 fully saturated rings. The van der Waals surface area contributed by atoms with E-state index in [4.69, 9.17) is 0 Å². The largest absolute Gasteiger partial charge is 0.480 e. The zero-order valence-corrected chi connectivity index (χ0v) is 28.6. The van der Waals surface area contributed by atoms with Gasteiger partial charge in [-0.2, -0.15) is 5.10 Å². The summed E-state index contributed by atoms with van der Waals surface area (Å²) >= 11 is 0. The van der Waals surface area contributed by atoms with Crippen LogP contribution in [-0.4, -0.2) is 164 Å². The second-order valence-electron chi connectivity index (χ2n) is 13.0. The summed E-state index contributed by atoms with van der Waals surface area (Å²) in [6.45, 7) is 1.66. The first-order chi connectivity index (χ1) is 24.9. The van der Waals surface area contributed by atoms with Gasteiger partial charge in [-0.05, 0) is 30.2 Å². The highest BCUT2D eigenvalue weighted by molar-refractivity contribution is 5.95. The average Bonchev–Trinajstić information content (AvgIpc) is 3.20. The number of carboxylic acids is 3. The first-order valence-electron chi connectivity index (χ1n) is 17.1. The quantitative estimate of drug-likeness (QED) is 0.198. The predicted molar refractivity (Wildman–Crippen MR) is 184 cm³/mol. The minimum absolute atomic E-state index is 0.0252. The molecule has 3 heterocycles. The molecule has 0 saturated carbocycles. The van der Waals surface area contributed by atoms with Crippen molar-refractivity contribution in [3.63, 3.8) is 0 Å². The summed E-state index contributed by atoms with van der Waals surface area (Å²) in [4.78, 5) is 81.9. The summed E-state index contributed by atoms with van der Waals surface area (Å²) in [6, 6.07) is 10.2. The maximum Gasteiger partial charge on any atom is 0.320 e. The fourth-order valence-electron chi connectivity index (χ4n) is 6.72. The third-order valence-corrected chi connectivity index (χ3v) is 9.54. The molecule has 16 nitrogen and oxygen atoms in total. The number of halogens is 1. The molecule has 4 N–H and O–H groups in total. The molecule has 1 unspecified atom stereocenters. The second kappa shape index (κ2) is 17.3. The monoisotopic (exact) mass is 723 g/mol. The number of nitrogens with one attached hydrogen (secondary N) is 1. The van der Waals surface area contributed by atoms with Gasteiger partial charge in [0.05, 0.1) is 29.7 Å². The number of hydrogen-bond acceptors (Lipinski definition) is 10. The number of H-pyrrole nitrogens is 1. The van der Waals surface area contributed by atoms with Gasteiger partial charge in [0.2, 0.25) is 5.91 Å². The van der Waals surface area contributed by atoms with Gasteiger partial charge in [0.1, 0.15) is 11.9 Å². The molecule has 2 aromatic carbocycles. The van der Waals surface area contributed by atoms with Crippen LogP contribution in [0.5, 0.6) is 0 Å². The fourth-order valence-corrected chi connectivity index (χ4v) is 6.72. The highest BCUT2D eigenvalue weighted by atomic mass is 19.1. The number of aromatic amines is 1. The van der Waals surface area contributed by atoms with Gasteiger partial charge >= 0.3 is 17.9 Å². The van der Waals surface area contributed by atoms with Gasteiger partial charge in [0, 0.05) is 83.7 Å². The molecule has 0 radical (unpaired) electrons. The summed E-state index contributed by atoms with van der Waals surface area (Å²) in [5.41, 5.74) is 0.743. The molecule has 0 spiro atoms. The van der Waals surface area contributed by atoms with Crippen molar-refractivity contribution in [2.75, 3.05) is 78.5 Å². The first kappa shape index (κ1) is 38.0. The maximum atomic E-state index is 15.0. The Hall–Kier alpha value is -5.26. The number of carboxylic acid groups (broad SMARTS) is 3. The van der Waals surface area contributed by atoms with E-state index in [0.29, 0.717) is 35.1 Å². The molecular formula is C35H42FN7O9. The number of nitrogens with zero attached hydrogens (tertiary/aromatic N) is 6. The van der Waals surface area contributed by atoms with Crippen molar-refractivity contribution in [3.05, 3.63) is 75.5 Å². The molecule has 1 atom stereocenters. The third kappa shape index (κ3) is 9.74. The van der Waals surface area contributed by atoms with Crippen molar-refractivity contribution in [1.82, 2.24) is 34.7 Å². The number of piperazine rings is 1. The van der Waals surface area contributed by atoms with Crippen LogP contribution >= 0.6 is 0 Å². The predicted octanol–water partition coefficient (Wildman–Crippen LogP) is 0.260. The topological polar surface area (TPSA) is 208 Å². The van der Waals surface area contributed by atoms with E-state index < -0.39 is 35.7 Å². The summed E-state index contributed by atoms with van der Waals surface area (Å²) in [7, 11) is 0. The van der Waals surface area contributed by atoms with E-state index in [1.807, 2.05) is 0 Å². The fraction of sp³-hybridized carbons (Fsp3) is 0.457. The van der Waals surface area contributed by atoms with Crippen LogP contribution in [0.1, 0.15) is 34.5 Å². The van der Waals surface area contributed by atoms with E-state index in [1.54, 1.807) is 49.9 Å². The van der Waals surface area contributed by atoms with Gasteiger partial charge in [0.25, 0.3) is 11.5 Å². The lowest BCUT2D eigenvalue weighted by Crippen LogP contribution is -2.51. The van der Waals surface area contributed by atoms with E-state index in [0.717, 1.165) is 0 Å². The lowest BCUT2D eigenvalue weighted by atomic mass is 10.0.